The zero-order valence-corrected chi connectivity index (χ0v) is 11.2. The Labute approximate surface area is 111 Å². The highest BCUT2D eigenvalue weighted by Crippen LogP contribution is 2.19. The third-order valence-electron chi connectivity index (χ3n) is 2.20. The molecule has 1 rings (SSSR count). The number of carbonyl (C=O) groups is 1. The van der Waals surface area contributed by atoms with E-state index in [1.807, 2.05) is 13.0 Å². The number of carbonyl (C=O) groups excluding carboxylic acids is 1. The van der Waals surface area contributed by atoms with Crippen molar-refractivity contribution >= 4 is 34.8 Å². The maximum Gasteiger partial charge on any atom is 0.241 e. The molecule has 94 valence electrons. The average Bonchev–Trinajstić information content (AvgIpc) is 2.34. The van der Waals surface area contributed by atoms with Crippen LogP contribution in [0.5, 0.6) is 0 Å². The highest BCUT2D eigenvalue weighted by molar-refractivity contribution is 6.31. The van der Waals surface area contributed by atoms with Crippen molar-refractivity contribution in [2.45, 2.75) is 6.92 Å². The summed E-state index contributed by atoms with van der Waals surface area (Å²) in [4.78, 5) is 13.3. The van der Waals surface area contributed by atoms with Gasteiger partial charge in [-0.25, -0.2) is 0 Å². The second kappa shape index (κ2) is 7.54. The van der Waals surface area contributed by atoms with Gasteiger partial charge in [-0.2, -0.15) is 0 Å². The highest BCUT2D eigenvalue weighted by Gasteiger charge is 2.14. The van der Waals surface area contributed by atoms with E-state index in [0.717, 1.165) is 5.69 Å². The Morgan fingerprint density at radius 3 is 2.82 bits per heavy atom. The first-order valence-electron chi connectivity index (χ1n) is 5.38. The van der Waals surface area contributed by atoms with Crippen LogP contribution in [0, 0.1) is 0 Å². The van der Waals surface area contributed by atoms with Crippen LogP contribution >= 0.6 is 23.2 Å². The molecule has 17 heavy (non-hydrogen) atoms. The van der Waals surface area contributed by atoms with Crippen molar-refractivity contribution in [3.8, 4) is 0 Å². The molecule has 0 radical (unpaired) electrons. The van der Waals surface area contributed by atoms with E-state index < -0.39 is 0 Å². The Hall–Kier alpha value is -0.770. The number of alkyl halides is 1. The van der Waals surface area contributed by atoms with Gasteiger partial charge in [0.25, 0.3) is 0 Å². The number of anilines is 1. The minimum absolute atomic E-state index is 0.0569. The highest BCUT2D eigenvalue weighted by atomic mass is 35.5. The molecule has 1 aromatic carbocycles. The Bertz CT molecular complexity index is 371. The Morgan fingerprint density at radius 2 is 2.24 bits per heavy atom. The fraction of sp³-hybridized carbons (Fsp3) is 0.417. The number of hydrogen-bond acceptors (Lipinski definition) is 2. The summed E-state index contributed by atoms with van der Waals surface area (Å²) < 4.78 is 5.24. The molecule has 3 nitrogen and oxygen atoms in total. The normalized spacial score (nSPS) is 10.3. The lowest BCUT2D eigenvalue weighted by atomic mass is 10.3. The Morgan fingerprint density at radius 1 is 1.47 bits per heavy atom. The van der Waals surface area contributed by atoms with Gasteiger partial charge >= 0.3 is 0 Å². The van der Waals surface area contributed by atoms with Crippen LogP contribution in [0.4, 0.5) is 5.69 Å². The Balaban J connectivity index is 2.78. The van der Waals surface area contributed by atoms with Crippen LogP contribution in [0.1, 0.15) is 6.92 Å². The Kier molecular flexibility index (Phi) is 6.34. The monoisotopic (exact) mass is 275 g/mol. The minimum atomic E-state index is -0.159. The summed E-state index contributed by atoms with van der Waals surface area (Å²) in [5, 5.41) is 0.589. The zero-order chi connectivity index (χ0) is 12.7. The lowest BCUT2D eigenvalue weighted by molar-refractivity contribution is -0.116. The number of amides is 1. The van der Waals surface area contributed by atoms with Gasteiger partial charge in [-0.15, -0.1) is 11.6 Å². The van der Waals surface area contributed by atoms with Gasteiger partial charge in [0.15, 0.2) is 0 Å². The summed E-state index contributed by atoms with van der Waals surface area (Å²) in [5.74, 6) is -0.216. The average molecular weight is 276 g/mol. The summed E-state index contributed by atoms with van der Waals surface area (Å²) in [5.41, 5.74) is 0.739. The van der Waals surface area contributed by atoms with E-state index in [-0.39, 0.29) is 11.8 Å². The van der Waals surface area contributed by atoms with Gasteiger partial charge in [0, 0.05) is 23.9 Å². The van der Waals surface area contributed by atoms with E-state index in [4.69, 9.17) is 27.9 Å². The van der Waals surface area contributed by atoms with Crippen LogP contribution in [0.2, 0.25) is 5.02 Å². The van der Waals surface area contributed by atoms with E-state index >= 15 is 0 Å². The fourth-order valence-corrected chi connectivity index (χ4v) is 1.74. The molecule has 0 spiro atoms. The van der Waals surface area contributed by atoms with Crippen molar-refractivity contribution < 1.29 is 9.53 Å². The van der Waals surface area contributed by atoms with Gasteiger partial charge in [0.05, 0.1) is 6.61 Å². The summed E-state index contributed by atoms with van der Waals surface area (Å²) in [6.07, 6.45) is 0. The van der Waals surface area contributed by atoms with E-state index in [1.165, 1.54) is 0 Å². The lowest BCUT2D eigenvalue weighted by Crippen LogP contribution is -2.34. The number of nitrogens with zero attached hydrogens (tertiary/aromatic N) is 1. The van der Waals surface area contributed by atoms with Gasteiger partial charge < -0.3 is 9.64 Å². The van der Waals surface area contributed by atoms with Crippen LogP contribution in [0.15, 0.2) is 24.3 Å². The summed E-state index contributed by atoms with van der Waals surface area (Å²) >= 11 is 11.5. The van der Waals surface area contributed by atoms with Crippen LogP contribution in [-0.2, 0) is 9.53 Å². The van der Waals surface area contributed by atoms with Crippen molar-refractivity contribution in [3.05, 3.63) is 29.3 Å². The summed E-state index contributed by atoms with van der Waals surface area (Å²) in [6.45, 7) is 3.48. The SMILES string of the molecule is CCOCCN(C(=O)CCl)c1cccc(Cl)c1. The maximum atomic E-state index is 11.7. The molecule has 1 aromatic rings. The van der Waals surface area contributed by atoms with Gasteiger partial charge in [0.1, 0.15) is 5.88 Å². The van der Waals surface area contributed by atoms with E-state index in [1.54, 1.807) is 23.1 Å². The molecule has 0 saturated heterocycles. The molecular weight excluding hydrogens is 261 g/mol. The molecular formula is C12H15Cl2NO2. The first-order chi connectivity index (χ1) is 8.19. The molecule has 0 N–H and O–H groups in total. The summed E-state index contributed by atoms with van der Waals surface area (Å²) in [7, 11) is 0. The van der Waals surface area contributed by atoms with Gasteiger partial charge in [-0.3, -0.25) is 4.79 Å². The topological polar surface area (TPSA) is 29.5 Å². The number of hydrogen-bond donors (Lipinski definition) is 0. The summed E-state index contributed by atoms with van der Waals surface area (Å²) in [6, 6.07) is 7.12. The third kappa shape index (κ3) is 4.54. The standard InChI is InChI=1S/C12H15Cl2NO2/c1-2-17-7-6-15(12(16)9-13)11-5-3-4-10(14)8-11/h3-5,8H,2,6-7,9H2,1H3. The first kappa shape index (κ1) is 14.3. The van der Waals surface area contributed by atoms with Crippen molar-refractivity contribution in [1.29, 1.82) is 0 Å². The number of rotatable bonds is 6. The largest absolute Gasteiger partial charge is 0.380 e. The lowest BCUT2D eigenvalue weighted by Gasteiger charge is -2.22. The first-order valence-corrected chi connectivity index (χ1v) is 6.30. The van der Waals surface area contributed by atoms with Gasteiger partial charge in [-0.1, -0.05) is 17.7 Å². The molecule has 0 atom stereocenters. The van der Waals surface area contributed by atoms with E-state index in [9.17, 15) is 4.79 Å². The van der Waals surface area contributed by atoms with Gasteiger partial charge in [-0.05, 0) is 25.1 Å². The molecule has 5 heteroatoms. The van der Waals surface area contributed by atoms with Crippen molar-refractivity contribution in [1.82, 2.24) is 0 Å². The fourth-order valence-electron chi connectivity index (χ4n) is 1.41. The van der Waals surface area contributed by atoms with Crippen molar-refractivity contribution in [2.24, 2.45) is 0 Å². The predicted molar refractivity (Wildman–Crippen MR) is 71.0 cm³/mol. The van der Waals surface area contributed by atoms with E-state index in [0.29, 0.717) is 24.8 Å². The molecule has 0 aliphatic rings. The number of ether oxygens (including phenoxy) is 1. The second-order valence-electron chi connectivity index (χ2n) is 3.36. The van der Waals surface area contributed by atoms with Crippen LogP contribution in [-0.4, -0.2) is 31.5 Å². The van der Waals surface area contributed by atoms with Crippen LogP contribution < -0.4 is 4.90 Å². The van der Waals surface area contributed by atoms with Crippen molar-refractivity contribution in [3.63, 3.8) is 0 Å². The molecule has 0 aromatic heterocycles. The molecule has 0 unspecified atom stereocenters. The van der Waals surface area contributed by atoms with E-state index in [2.05, 4.69) is 0 Å². The van der Waals surface area contributed by atoms with Gasteiger partial charge in [0.2, 0.25) is 5.91 Å². The molecule has 0 aliphatic heterocycles. The second-order valence-corrected chi connectivity index (χ2v) is 4.06. The van der Waals surface area contributed by atoms with Crippen LogP contribution in [0.25, 0.3) is 0 Å². The maximum absolute atomic E-state index is 11.7. The minimum Gasteiger partial charge on any atom is -0.380 e. The molecule has 0 aliphatic carbocycles. The quantitative estimate of drug-likeness (QED) is 0.590. The molecule has 0 fully saturated rings. The smallest absolute Gasteiger partial charge is 0.241 e. The van der Waals surface area contributed by atoms with Crippen molar-refractivity contribution in [2.75, 3.05) is 30.5 Å². The third-order valence-corrected chi connectivity index (χ3v) is 2.66. The molecule has 0 bridgehead atoms. The molecule has 0 heterocycles. The zero-order valence-electron chi connectivity index (χ0n) is 9.66. The number of halogens is 2. The van der Waals surface area contributed by atoms with Crippen LogP contribution in [0.3, 0.4) is 0 Å². The molecule has 1 amide bonds. The molecule has 0 saturated carbocycles. The predicted octanol–water partition coefficient (Wildman–Crippen LogP) is 2.95. The number of benzene rings is 1.